The molecule has 0 saturated carbocycles. The standard InChI is InChI=1S/C20H14F6OS/c21-19(22,23)13-1-7-16(8-2-13)28(18-11-5-15(27)6-12-18)17-9-3-14(4-10-17)20(24,25)26/h1-12,27-28H. The largest absolute Gasteiger partial charge is 0.508 e. The van der Waals surface area contributed by atoms with Crippen molar-refractivity contribution in [3.63, 3.8) is 0 Å². The molecule has 0 aliphatic rings. The normalized spacial score (nSPS) is 12.7. The Labute approximate surface area is 159 Å². The van der Waals surface area contributed by atoms with Gasteiger partial charge in [-0.25, -0.2) is 0 Å². The van der Waals surface area contributed by atoms with E-state index in [1.54, 1.807) is 12.1 Å². The van der Waals surface area contributed by atoms with E-state index in [0.29, 0.717) is 14.7 Å². The maximum Gasteiger partial charge on any atom is 0.416 e. The summed E-state index contributed by atoms with van der Waals surface area (Å²) in [6.07, 6.45) is -8.96. The predicted octanol–water partition coefficient (Wildman–Crippen LogP) is 6.91. The number of aromatic hydroxyl groups is 1. The molecule has 1 nitrogen and oxygen atoms in total. The minimum absolute atomic E-state index is 0.0125. The lowest BCUT2D eigenvalue weighted by atomic mass is 10.2. The highest BCUT2D eigenvalue weighted by atomic mass is 32.2. The Morgan fingerprint density at radius 1 is 0.500 bits per heavy atom. The van der Waals surface area contributed by atoms with Crippen LogP contribution in [0.15, 0.2) is 87.5 Å². The number of phenols is 1. The van der Waals surface area contributed by atoms with E-state index in [2.05, 4.69) is 0 Å². The first-order chi connectivity index (χ1) is 13.1. The van der Waals surface area contributed by atoms with Crippen LogP contribution >= 0.6 is 10.9 Å². The summed E-state index contributed by atoms with van der Waals surface area (Å²) >= 11 is 0. The fraction of sp³-hybridized carbons (Fsp3) is 0.100. The summed E-state index contributed by atoms with van der Waals surface area (Å²) in [5.41, 5.74) is -1.60. The van der Waals surface area contributed by atoms with Crippen molar-refractivity contribution in [2.75, 3.05) is 0 Å². The minimum atomic E-state index is -4.48. The van der Waals surface area contributed by atoms with Crippen LogP contribution in [0.25, 0.3) is 0 Å². The maximum absolute atomic E-state index is 12.8. The number of benzene rings is 3. The van der Waals surface area contributed by atoms with Gasteiger partial charge in [0.1, 0.15) is 5.75 Å². The third-order valence-electron chi connectivity index (χ3n) is 4.01. The summed E-state index contributed by atoms with van der Waals surface area (Å²) in [6, 6.07) is 15.2. The van der Waals surface area contributed by atoms with Crippen LogP contribution in [0.3, 0.4) is 0 Å². The molecule has 0 aromatic heterocycles. The highest BCUT2D eigenvalue weighted by Crippen LogP contribution is 2.52. The SMILES string of the molecule is Oc1ccc([SH](c2ccc(C(F)(F)F)cc2)c2ccc(C(F)(F)F)cc2)cc1. The van der Waals surface area contributed by atoms with Crippen molar-refractivity contribution >= 4 is 10.9 Å². The van der Waals surface area contributed by atoms with Crippen LogP contribution in [-0.4, -0.2) is 5.11 Å². The molecular weight excluding hydrogens is 402 g/mol. The number of alkyl halides is 6. The summed E-state index contributed by atoms with van der Waals surface area (Å²) in [7, 11) is -1.40. The average molecular weight is 416 g/mol. The molecule has 0 saturated heterocycles. The number of hydrogen-bond donors (Lipinski definition) is 2. The molecule has 8 heteroatoms. The van der Waals surface area contributed by atoms with E-state index < -0.39 is 34.4 Å². The Balaban J connectivity index is 2.06. The van der Waals surface area contributed by atoms with Gasteiger partial charge in [-0.1, -0.05) is 0 Å². The molecule has 0 atom stereocenters. The lowest BCUT2D eigenvalue weighted by molar-refractivity contribution is -0.138. The van der Waals surface area contributed by atoms with E-state index in [1.165, 1.54) is 36.4 Å². The fourth-order valence-corrected chi connectivity index (χ4v) is 4.88. The number of hydrogen-bond acceptors (Lipinski definition) is 1. The van der Waals surface area contributed by atoms with Crippen molar-refractivity contribution in [2.45, 2.75) is 27.0 Å². The zero-order valence-electron chi connectivity index (χ0n) is 14.1. The van der Waals surface area contributed by atoms with E-state index in [4.69, 9.17) is 0 Å². The molecule has 0 amide bonds. The second kappa shape index (κ2) is 7.43. The molecule has 0 heterocycles. The molecule has 1 N–H and O–H groups in total. The van der Waals surface area contributed by atoms with Crippen LogP contribution in [0.4, 0.5) is 26.3 Å². The maximum atomic E-state index is 12.8. The van der Waals surface area contributed by atoms with E-state index in [1.807, 2.05) is 0 Å². The number of rotatable bonds is 3. The predicted molar refractivity (Wildman–Crippen MR) is 94.8 cm³/mol. The highest BCUT2D eigenvalue weighted by Gasteiger charge is 2.31. The van der Waals surface area contributed by atoms with Gasteiger partial charge in [-0.3, -0.25) is 0 Å². The first-order valence-corrected chi connectivity index (χ1v) is 9.33. The van der Waals surface area contributed by atoms with E-state index in [0.717, 1.165) is 24.3 Å². The van der Waals surface area contributed by atoms with Crippen molar-refractivity contribution in [1.29, 1.82) is 0 Å². The Hall–Kier alpha value is -2.61. The first-order valence-electron chi connectivity index (χ1n) is 7.99. The molecule has 3 aromatic rings. The van der Waals surface area contributed by atoms with Gasteiger partial charge in [0.25, 0.3) is 0 Å². The molecule has 3 aromatic carbocycles. The summed E-state index contributed by atoms with van der Waals surface area (Å²) in [5, 5.41) is 9.49. The minimum Gasteiger partial charge on any atom is -0.508 e. The summed E-state index contributed by atoms with van der Waals surface area (Å²) < 4.78 is 77.0. The van der Waals surface area contributed by atoms with Crippen LogP contribution < -0.4 is 0 Å². The molecule has 0 spiro atoms. The van der Waals surface area contributed by atoms with Crippen molar-refractivity contribution in [3.05, 3.63) is 83.9 Å². The number of halogens is 6. The molecule has 0 aliphatic carbocycles. The van der Waals surface area contributed by atoms with Gasteiger partial charge in [0.05, 0.1) is 11.1 Å². The van der Waals surface area contributed by atoms with Crippen molar-refractivity contribution in [3.8, 4) is 5.75 Å². The van der Waals surface area contributed by atoms with Gasteiger partial charge in [0, 0.05) is 0 Å². The second-order valence-corrected chi connectivity index (χ2v) is 8.16. The number of thiol groups is 1. The molecular formula is C20H14F6OS. The molecule has 148 valence electrons. The first kappa shape index (κ1) is 20.1. The second-order valence-electron chi connectivity index (χ2n) is 5.94. The van der Waals surface area contributed by atoms with Gasteiger partial charge < -0.3 is 5.11 Å². The van der Waals surface area contributed by atoms with Gasteiger partial charge in [-0.2, -0.15) is 37.2 Å². The Morgan fingerprint density at radius 3 is 1.07 bits per heavy atom. The molecule has 28 heavy (non-hydrogen) atoms. The summed E-state index contributed by atoms with van der Waals surface area (Å²) in [4.78, 5) is 1.79. The molecule has 3 rings (SSSR count). The molecule has 0 unspecified atom stereocenters. The van der Waals surface area contributed by atoms with Crippen molar-refractivity contribution < 1.29 is 31.4 Å². The zero-order valence-corrected chi connectivity index (χ0v) is 15.0. The van der Waals surface area contributed by atoms with Crippen LogP contribution in [0.5, 0.6) is 5.75 Å². The average Bonchev–Trinajstić information content (AvgIpc) is 2.63. The Bertz CT molecular complexity index is 871. The third kappa shape index (κ3) is 4.44. The van der Waals surface area contributed by atoms with Gasteiger partial charge in [0.2, 0.25) is 0 Å². The third-order valence-corrected chi connectivity index (χ3v) is 6.46. The van der Waals surface area contributed by atoms with E-state index in [-0.39, 0.29) is 5.75 Å². The van der Waals surface area contributed by atoms with Crippen LogP contribution in [0.1, 0.15) is 11.1 Å². The summed E-state index contributed by atoms with van der Waals surface area (Å²) in [6.45, 7) is 0. The van der Waals surface area contributed by atoms with Gasteiger partial charge in [-0.05, 0) is 87.5 Å². The lowest BCUT2D eigenvalue weighted by Crippen LogP contribution is -2.05. The quantitative estimate of drug-likeness (QED) is 0.351. The molecule has 0 radical (unpaired) electrons. The van der Waals surface area contributed by atoms with Gasteiger partial charge in [-0.15, -0.1) is 0 Å². The van der Waals surface area contributed by atoms with Gasteiger partial charge >= 0.3 is 12.4 Å². The summed E-state index contributed by atoms with van der Waals surface area (Å²) in [5.74, 6) is 0.0125. The van der Waals surface area contributed by atoms with Crippen LogP contribution in [-0.2, 0) is 12.4 Å². The van der Waals surface area contributed by atoms with Crippen LogP contribution in [0.2, 0.25) is 0 Å². The van der Waals surface area contributed by atoms with Crippen molar-refractivity contribution in [2.24, 2.45) is 0 Å². The zero-order chi connectivity index (χ0) is 20.5. The molecule has 0 bridgehead atoms. The smallest absolute Gasteiger partial charge is 0.416 e. The van der Waals surface area contributed by atoms with Crippen molar-refractivity contribution in [1.82, 2.24) is 0 Å². The Morgan fingerprint density at radius 2 is 0.786 bits per heavy atom. The molecule has 0 aliphatic heterocycles. The lowest BCUT2D eigenvalue weighted by Gasteiger charge is -2.24. The fourth-order valence-electron chi connectivity index (χ4n) is 2.65. The molecule has 0 fully saturated rings. The van der Waals surface area contributed by atoms with Crippen LogP contribution in [0, 0.1) is 0 Å². The Kier molecular flexibility index (Phi) is 5.34. The number of phenolic OH excluding ortho intramolecular Hbond substituents is 1. The monoisotopic (exact) mass is 416 g/mol. The van der Waals surface area contributed by atoms with E-state index >= 15 is 0 Å². The highest BCUT2D eigenvalue weighted by molar-refractivity contribution is 8.17. The van der Waals surface area contributed by atoms with Gasteiger partial charge in [0.15, 0.2) is 0 Å². The topological polar surface area (TPSA) is 20.2 Å². The van der Waals surface area contributed by atoms with E-state index in [9.17, 15) is 31.4 Å².